The molecule has 0 heterocycles. The van der Waals surface area contributed by atoms with Crippen molar-refractivity contribution in [1.29, 1.82) is 0 Å². The van der Waals surface area contributed by atoms with E-state index in [0.717, 1.165) is 16.7 Å². The first-order valence-corrected chi connectivity index (χ1v) is 26.8. The number of aryl methyl sites for hydroxylation is 4. The van der Waals surface area contributed by atoms with Crippen LogP contribution in [0.5, 0.6) is 0 Å². The lowest BCUT2D eigenvalue weighted by Crippen LogP contribution is -2.00. The number of azo groups is 5. The van der Waals surface area contributed by atoms with Crippen LogP contribution in [0.1, 0.15) is 65.2 Å². The van der Waals surface area contributed by atoms with Crippen LogP contribution in [0.3, 0.4) is 0 Å². The van der Waals surface area contributed by atoms with Crippen LogP contribution in [0.2, 0.25) is 0 Å². The predicted octanol–water partition coefficient (Wildman–Crippen LogP) is 17.2. The molecule has 80 heavy (non-hydrogen) atoms. The van der Waals surface area contributed by atoms with Crippen LogP contribution in [0.15, 0.2) is 219 Å². The van der Waals surface area contributed by atoms with Gasteiger partial charge in [0.25, 0.3) is 20.2 Å². The van der Waals surface area contributed by atoms with Crippen molar-refractivity contribution < 1.29 is 45.7 Å². The molecule has 8 aromatic rings. The summed E-state index contributed by atoms with van der Waals surface area (Å²) in [7, 11) is -9.39. The van der Waals surface area contributed by atoms with Crippen molar-refractivity contribution in [2.45, 2.75) is 37.5 Å². The number of carboxylic acid groups (broad SMARTS) is 2. The minimum atomic E-state index is -4.70. The van der Waals surface area contributed by atoms with E-state index in [4.69, 9.17) is 10.2 Å². The molecule has 0 saturated carbocycles. The summed E-state index contributed by atoms with van der Waals surface area (Å²) in [5.74, 6) is -2.07. The summed E-state index contributed by atoms with van der Waals surface area (Å²) in [6.45, 7) is 7.33. The molecule has 4 N–H and O–H groups in total. The molecule has 0 aromatic heterocycles. The molecule has 0 aliphatic heterocycles. The number of carboxylic acids is 2. The van der Waals surface area contributed by atoms with E-state index >= 15 is 0 Å². The highest BCUT2D eigenvalue weighted by Gasteiger charge is 2.17. The maximum atomic E-state index is 12.5. The van der Waals surface area contributed by atoms with Crippen molar-refractivity contribution in [3.63, 3.8) is 0 Å². The van der Waals surface area contributed by atoms with E-state index in [2.05, 4.69) is 51.1 Å². The zero-order valence-electron chi connectivity index (χ0n) is 42.8. The van der Waals surface area contributed by atoms with E-state index in [-0.39, 0.29) is 38.5 Å². The molecule has 22 heteroatoms. The van der Waals surface area contributed by atoms with Gasteiger partial charge in [0.2, 0.25) is 0 Å². The van der Waals surface area contributed by atoms with Crippen molar-refractivity contribution in [1.82, 2.24) is 0 Å². The third-order valence-corrected chi connectivity index (χ3v) is 13.7. The number of rotatable bonds is 18. The van der Waals surface area contributed by atoms with E-state index in [9.17, 15) is 35.5 Å². The number of hydrogen-bond donors (Lipinski definition) is 4. The lowest BCUT2D eigenvalue weighted by Gasteiger charge is -2.06. The fraction of sp³-hybridized carbons (Fsp3) is 0.0690. The Morgan fingerprint density at radius 3 is 0.875 bits per heavy atom. The van der Waals surface area contributed by atoms with Crippen molar-refractivity contribution in [3.8, 4) is 0 Å². The number of nitrogens with zero attached hydrogens (tertiary/aromatic N) is 10. The molecule has 0 radical (unpaired) electrons. The third kappa shape index (κ3) is 14.9. The Balaban J connectivity index is 0.883. The quantitative estimate of drug-likeness (QED) is 0.0357. The topological polar surface area (TPSA) is 307 Å². The molecule has 0 aliphatic rings. The second kappa shape index (κ2) is 24.6. The first-order valence-electron chi connectivity index (χ1n) is 23.9. The number of hydrogen-bond acceptors (Lipinski definition) is 16. The highest BCUT2D eigenvalue weighted by Crippen LogP contribution is 2.34. The van der Waals surface area contributed by atoms with Gasteiger partial charge in [-0.05, 0) is 194 Å². The molecule has 0 atom stereocenters. The van der Waals surface area contributed by atoms with Gasteiger partial charge in [-0.1, -0.05) is 60.7 Å². The number of carbonyl (C=O) groups is 2. The molecule has 0 unspecified atom stereocenters. The van der Waals surface area contributed by atoms with Crippen LogP contribution in [0, 0.1) is 27.7 Å². The molecular formula is C58H46N10O10S2. The normalized spacial score (nSPS) is 12.4. The van der Waals surface area contributed by atoms with Gasteiger partial charge < -0.3 is 10.2 Å². The zero-order chi connectivity index (χ0) is 57.1. The zero-order valence-corrected chi connectivity index (χ0v) is 44.5. The SMILES string of the molecule is Cc1cc(N=Nc2ccc(C(=O)O)cc2)c(C)cc1N=Nc1ccc(C=Cc2ccc(N=Nc3ccc(C=Cc4ccc(N=Nc5cc(C)c(N=Nc6ccc(C(=O)O)cc6)cc5C)cc4S(=O)(=O)O)cc3)cc2S(=O)(=O)O)cc1. The summed E-state index contributed by atoms with van der Waals surface area (Å²) in [5, 5.41) is 60.9. The fourth-order valence-electron chi connectivity index (χ4n) is 7.47. The highest BCUT2D eigenvalue weighted by molar-refractivity contribution is 7.86. The Labute approximate surface area is 459 Å². The second-order valence-corrected chi connectivity index (χ2v) is 20.6. The molecule has 0 amide bonds. The van der Waals surface area contributed by atoms with Crippen LogP contribution in [-0.4, -0.2) is 48.1 Å². The van der Waals surface area contributed by atoms with Gasteiger partial charge in [0.1, 0.15) is 9.79 Å². The third-order valence-electron chi connectivity index (χ3n) is 11.9. The standard InChI is InChI=1S/C58H46N10O10S2/c1-35-30-52(66-61-47-23-15-43(16-24-47)57(69)70)36(2)29-51(35)65-60-46-21-9-40(10-22-46)6-11-41-13-27-49(33-55(41)79(73,74)75)63-59-45-19-7-39(8-20-45)5-12-42-14-28-50(34-56(42)80(76,77)78)64-68-54-32-37(3)53(31-38(54)4)67-62-48-25-17-44(18-26-48)58(71)72/h5-34H,1-4H3,(H,69,70)(H,71,72)(H,73,74,75)(H,76,77,78). The molecule has 0 aliphatic carbocycles. The molecular weight excluding hydrogens is 1060 g/mol. The number of aromatic carboxylic acids is 2. The second-order valence-electron chi connectivity index (χ2n) is 17.8. The molecule has 0 spiro atoms. The Bertz CT molecular complexity index is 4140. The molecule has 0 saturated heterocycles. The summed E-state index contributed by atoms with van der Waals surface area (Å²) in [6, 6.07) is 41.3. The van der Waals surface area contributed by atoms with Gasteiger partial charge in [-0.15, -0.1) is 0 Å². The van der Waals surface area contributed by atoms with Crippen molar-refractivity contribution in [2.24, 2.45) is 51.1 Å². The lowest BCUT2D eigenvalue weighted by molar-refractivity contribution is 0.0686. The average molecular weight is 1110 g/mol. The summed E-state index contributed by atoms with van der Waals surface area (Å²) in [6.07, 6.45) is 6.35. The molecule has 0 bridgehead atoms. The molecule has 0 fully saturated rings. The summed E-state index contributed by atoms with van der Waals surface area (Å²) >= 11 is 0. The van der Waals surface area contributed by atoms with E-state index in [1.54, 1.807) is 123 Å². The monoisotopic (exact) mass is 1110 g/mol. The van der Waals surface area contributed by atoms with Crippen molar-refractivity contribution >= 4 is 113 Å². The minimum Gasteiger partial charge on any atom is -0.478 e. The average Bonchev–Trinajstić information content (AvgIpc) is 3.44. The van der Waals surface area contributed by atoms with Gasteiger partial charge in [0.05, 0.1) is 68.0 Å². The molecule has 20 nitrogen and oxygen atoms in total. The lowest BCUT2D eigenvalue weighted by atomic mass is 10.1. The smallest absolute Gasteiger partial charge is 0.335 e. The Hall–Kier alpha value is -10.0. The van der Waals surface area contributed by atoms with Crippen molar-refractivity contribution in [3.05, 3.63) is 213 Å². The van der Waals surface area contributed by atoms with E-state index in [1.165, 1.54) is 60.7 Å². The maximum absolute atomic E-state index is 12.5. The Morgan fingerprint density at radius 1 is 0.338 bits per heavy atom. The summed E-state index contributed by atoms with van der Waals surface area (Å²) in [4.78, 5) is 21.5. The first-order chi connectivity index (χ1) is 38.1. The molecule has 8 rings (SSSR count). The highest BCUT2D eigenvalue weighted by atomic mass is 32.2. The Morgan fingerprint density at radius 2 is 0.588 bits per heavy atom. The maximum Gasteiger partial charge on any atom is 0.335 e. The van der Waals surface area contributed by atoms with Crippen LogP contribution < -0.4 is 0 Å². The molecule has 400 valence electrons. The van der Waals surface area contributed by atoms with Gasteiger partial charge in [-0.2, -0.15) is 68.0 Å². The van der Waals surface area contributed by atoms with Gasteiger partial charge in [0.15, 0.2) is 0 Å². The largest absolute Gasteiger partial charge is 0.478 e. The van der Waals surface area contributed by atoms with Crippen LogP contribution in [0.25, 0.3) is 24.3 Å². The number of benzene rings is 8. The minimum absolute atomic E-state index is 0.131. The summed E-state index contributed by atoms with van der Waals surface area (Å²) in [5.41, 5.74) is 9.58. The van der Waals surface area contributed by atoms with Gasteiger partial charge in [0, 0.05) is 0 Å². The van der Waals surface area contributed by atoms with E-state index < -0.39 is 37.1 Å². The van der Waals surface area contributed by atoms with Gasteiger partial charge in [-0.3, -0.25) is 9.11 Å². The first kappa shape index (κ1) is 56.2. The summed E-state index contributed by atoms with van der Waals surface area (Å²) < 4.78 is 70.3. The van der Waals surface area contributed by atoms with Crippen LogP contribution in [0.4, 0.5) is 56.9 Å². The Kier molecular flexibility index (Phi) is 17.2. The van der Waals surface area contributed by atoms with E-state index in [0.29, 0.717) is 62.2 Å². The fourth-order valence-corrected chi connectivity index (χ4v) is 8.88. The van der Waals surface area contributed by atoms with Crippen LogP contribution in [-0.2, 0) is 20.2 Å². The van der Waals surface area contributed by atoms with Gasteiger partial charge >= 0.3 is 11.9 Å². The van der Waals surface area contributed by atoms with Crippen molar-refractivity contribution in [2.75, 3.05) is 0 Å². The van der Waals surface area contributed by atoms with Gasteiger partial charge in [-0.25, -0.2) is 9.59 Å². The van der Waals surface area contributed by atoms with Crippen LogP contribution >= 0.6 is 0 Å². The van der Waals surface area contributed by atoms with E-state index in [1.807, 2.05) is 26.0 Å². The predicted molar refractivity (Wildman–Crippen MR) is 303 cm³/mol. The molecule has 8 aromatic carbocycles.